The third-order valence-corrected chi connectivity index (χ3v) is 4.80. The van der Waals surface area contributed by atoms with Crippen molar-refractivity contribution in [3.05, 3.63) is 16.1 Å². The van der Waals surface area contributed by atoms with Crippen LogP contribution in [0.2, 0.25) is 0 Å². The number of halogens is 1. The highest BCUT2D eigenvalue weighted by Gasteiger charge is 2.40. The van der Waals surface area contributed by atoms with Gasteiger partial charge in [0.25, 0.3) is 0 Å². The van der Waals surface area contributed by atoms with E-state index >= 15 is 0 Å². The first kappa shape index (κ1) is 13.3. The van der Waals surface area contributed by atoms with Gasteiger partial charge in [0.1, 0.15) is 0 Å². The zero-order valence-corrected chi connectivity index (χ0v) is 11.9. The van der Waals surface area contributed by atoms with E-state index in [1.807, 2.05) is 17.5 Å². The molecule has 0 aliphatic carbocycles. The summed E-state index contributed by atoms with van der Waals surface area (Å²) >= 11 is 1.84. The molecule has 17 heavy (non-hydrogen) atoms. The Morgan fingerprint density at radius 2 is 2.41 bits per heavy atom. The van der Waals surface area contributed by atoms with Crippen molar-refractivity contribution in [1.82, 2.24) is 15.2 Å². The highest BCUT2D eigenvalue weighted by atomic mass is 35.5. The van der Waals surface area contributed by atoms with Gasteiger partial charge >= 0.3 is 0 Å². The molecule has 0 radical (unpaired) electrons. The normalized spacial score (nSPS) is 28.8. The molecule has 2 saturated heterocycles. The van der Waals surface area contributed by atoms with Crippen LogP contribution in [0.3, 0.4) is 0 Å². The fourth-order valence-corrected chi connectivity index (χ4v) is 3.84. The molecular weight excluding hydrogens is 254 g/mol. The number of aromatic nitrogens is 1. The second kappa shape index (κ2) is 5.22. The van der Waals surface area contributed by atoms with Crippen LogP contribution in [-0.4, -0.2) is 36.1 Å². The summed E-state index contributed by atoms with van der Waals surface area (Å²) in [5.41, 5.74) is 0.597. The van der Waals surface area contributed by atoms with Crippen molar-refractivity contribution in [3.8, 4) is 0 Å². The van der Waals surface area contributed by atoms with Crippen molar-refractivity contribution in [1.29, 1.82) is 0 Å². The maximum atomic E-state index is 4.33. The van der Waals surface area contributed by atoms with E-state index in [2.05, 4.69) is 22.1 Å². The number of nitrogens with one attached hydrogen (secondary N) is 1. The average Bonchev–Trinajstić information content (AvgIpc) is 2.94. The first-order chi connectivity index (χ1) is 7.76. The lowest BCUT2D eigenvalue weighted by Gasteiger charge is -2.22. The van der Waals surface area contributed by atoms with E-state index < -0.39 is 0 Å². The maximum Gasteiger partial charge on any atom is 0.0897 e. The minimum Gasteiger partial charge on any atom is -0.316 e. The van der Waals surface area contributed by atoms with Crippen molar-refractivity contribution in [2.45, 2.75) is 26.3 Å². The first-order valence-electron chi connectivity index (χ1n) is 6.10. The number of thiazole rings is 1. The molecule has 1 atom stereocenters. The van der Waals surface area contributed by atoms with E-state index in [1.165, 1.54) is 48.9 Å². The Morgan fingerprint density at radius 3 is 3.06 bits per heavy atom. The van der Waals surface area contributed by atoms with Gasteiger partial charge in [-0.25, -0.2) is 4.98 Å². The van der Waals surface area contributed by atoms with Gasteiger partial charge < -0.3 is 5.32 Å². The zero-order chi connectivity index (χ0) is 11.0. The topological polar surface area (TPSA) is 28.2 Å². The van der Waals surface area contributed by atoms with E-state index in [-0.39, 0.29) is 12.4 Å². The summed E-state index contributed by atoms with van der Waals surface area (Å²) in [6.45, 7) is 8.17. The maximum absolute atomic E-state index is 4.33. The summed E-state index contributed by atoms with van der Waals surface area (Å²) in [4.78, 5) is 8.34. The number of nitrogens with zero attached hydrogens (tertiary/aromatic N) is 2. The zero-order valence-electron chi connectivity index (χ0n) is 10.2. The predicted octanol–water partition coefficient (Wildman–Crippen LogP) is 2.06. The van der Waals surface area contributed by atoms with Gasteiger partial charge in [-0.1, -0.05) is 0 Å². The monoisotopic (exact) mass is 273 g/mol. The first-order valence-corrected chi connectivity index (χ1v) is 6.92. The fourth-order valence-electron chi connectivity index (χ4n) is 3.01. The third kappa shape index (κ3) is 2.81. The van der Waals surface area contributed by atoms with Crippen molar-refractivity contribution in [2.75, 3.05) is 26.2 Å². The van der Waals surface area contributed by atoms with Crippen LogP contribution < -0.4 is 5.32 Å². The fraction of sp³-hybridized carbons (Fsp3) is 0.750. The molecule has 3 rings (SSSR count). The Kier molecular flexibility index (Phi) is 4.08. The summed E-state index contributed by atoms with van der Waals surface area (Å²) in [7, 11) is 0. The number of rotatable bonds is 2. The number of hydrogen-bond acceptors (Lipinski definition) is 4. The Labute approximate surface area is 113 Å². The smallest absolute Gasteiger partial charge is 0.0897 e. The van der Waals surface area contributed by atoms with Gasteiger partial charge in [0, 0.05) is 30.7 Å². The van der Waals surface area contributed by atoms with Crippen LogP contribution in [-0.2, 0) is 6.54 Å². The summed E-state index contributed by atoms with van der Waals surface area (Å²) in [6, 6.07) is 0. The molecule has 1 aromatic heterocycles. The molecule has 1 spiro atoms. The van der Waals surface area contributed by atoms with Crippen molar-refractivity contribution >= 4 is 23.7 Å². The van der Waals surface area contributed by atoms with Crippen LogP contribution in [0.4, 0.5) is 0 Å². The number of hydrogen-bond donors (Lipinski definition) is 1. The number of likely N-dealkylation sites (tertiary alicyclic amines) is 1. The van der Waals surface area contributed by atoms with Crippen LogP contribution in [0.1, 0.15) is 22.7 Å². The van der Waals surface area contributed by atoms with Gasteiger partial charge in [-0.15, -0.1) is 23.7 Å². The molecule has 5 heteroatoms. The van der Waals surface area contributed by atoms with Crippen LogP contribution in [0.25, 0.3) is 0 Å². The summed E-state index contributed by atoms with van der Waals surface area (Å²) < 4.78 is 0. The van der Waals surface area contributed by atoms with Gasteiger partial charge in [-0.3, -0.25) is 4.90 Å². The molecule has 0 bridgehead atoms. The molecule has 2 fully saturated rings. The molecule has 3 heterocycles. The predicted molar refractivity (Wildman–Crippen MR) is 73.9 cm³/mol. The van der Waals surface area contributed by atoms with Gasteiger partial charge in [0.05, 0.1) is 5.01 Å². The lowest BCUT2D eigenvalue weighted by molar-refractivity contribution is 0.270. The minimum atomic E-state index is 0. The third-order valence-electron chi connectivity index (χ3n) is 3.90. The molecule has 1 unspecified atom stereocenters. The molecule has 3 nitrogen and oxygen atoms in total. The second-order valence-corrected chi connectivity index (χ2v) is 6.55. The second-order valence-electron chi connectivity index (χ2n) is 5.23. The summed E-state index contributed by atoms with van der Waals surface area (Å²) in [6.07, 6.45) is 4.78. The average molecular weight is 274 g/mol. The molecule has 1 aromatic rings. The summed E-state index contributed by atoms with van der Waals surface area (Å²) in [5, 5.41) is 4.69. The highest BCUT2D eigenvalue weighted by molar-refractivity contribution is 7.11. The molecule has 2 aliphatic heterocycles. The van der Waals surface area contributed by atoms with E-state index in [0.29, 0.717) is 5.41 Å². The van der Waals surface area contributed by atoms with Crippen LogP contribution >= 0.6 is 23.7 Å². The molecule has 0 saturated carbocycles. The van der Waals surface area contributed by atoms with E-state index in [4.69, 9.17) is 0 Å². The molecule has 1 N–H and O–H groups in total. The minimum absolute atomic E-state index is 0. The van der Waals surface area contributed by atoms with Crippen LogP contribution in [0.5, 0.6) is 0 Å². The molecule has 0 aromatic carbocycles. The molecular formula is C12H20ClN3S. The quantitative estimate of drug-likeness (QED) is 0.894. The van der Waals surface area contributed by atoms with E-state index in [9.17, 15) is 0 Å². The number of aryl methyl sites for hydroxylation is 1. The Bertz CT molecular complexity index is 374. The van der Waals surface area contributed by atoms with Crippen molar-refractivity contribution in [3.63, 3.8) is 0 Å². The largest absolute Gasteiger partial charge is 0.316 e. The Hall–Kier alpha value is -0.160. The Balaban J connectivity index is 0.00000108. The highest BCUT2D eigenvalue weighted by Crippen LogP contribution is 2.36. The van der Waals surface area contributed by atoms with Crippen LogP contribution in [0.15, 0.2) is 6.20 Å². The van der Waals surface area contributed by atoms with Crippen molar-refractivity contribution < 1.29 is 0 Å². The van der Waals surface area contributed by atoms with E-state index in [1.54, 1.807) is 0 Å². The Morgan fingerprint density at radius 1 is 1.53 bits per heavy atom. The summed E-state index contributed by atoms with van der Waals surface area (Å²) in [5.74, 6) is 0. The van der Waals surface area contributed by atoms with Gasteiger partial charge in [0.2, 0.25) is 0 Å². The van der Waals surface area contributed by atoms with Crippen molar-refractivity contribution in [2.24, 2.45) is 5.41 Å². The standard InChI is InChI=1S/C12H19N3S.ClH/c1-10-14-6-11(16-10)7-15-5-3-12(9-15)2-4-13-8-12;/h6,13H,2-5,7-9H2,1H3;1H. The van der Waals surface area contributed by atoms with Gasteiger partial charge in [0.15, 0.2) is 0 Å². The molecule has 2 aliphatic rings. The molecule has 0 amide bonds. The molecule has 96 valence electrons. The lowest BCUT2D eigenvalue weighted by atomic mass is 9.87. The van der Waals surface area contributed by atoms with Gasteiger partial charge in [-0.2, -0.15) is 0 Å². The SMILES string of the molecule is Cc1ncc(CN2CCC3(CCNC3)C2)s1.Cl. The lowest BCUT2D eigenvalue weighted by Crippen LogP contribution is -2.28. The van der Waals surface area contributed by atoms with E-state index in [0.717, 1.165) is 6.54 Å². The van der Waals surface area contributed by atoms with Crippen LogP contribution in [0, 0.1) is 12.3 Å². The van der Waals surface area contributed by atoms with Gasteiger partial charge in [-0.05, 0) is 38.3 Å².